The fourth-order valence-electron chi connectivity index (χ4n) is 3.30. The van der Waals surface area contributed by atoms with Gasteiger partial charge in [-0.3, -0.25) is 25.0 Å². The molecular formula is C24H16ClN3O7. The quantitative estimate of drug-likeness (QED) is 0.227. The van der Waals surface area contributed by atoms with Crippen molar-refractivity contribution in [3.05, 3.63) is 98.6 Å². The molecule has 10 nitrogen and oxygen atoms in total. The number of carbonyl (C=O) groups is 3. The zero-order valence-corrected chi connectivity index (χ0v) is 18.6. The Hall–Kier alpha value is -4.70. The van der Waals surface area contributed by atoms with Crippen molar-refractivity contribution in [3.8, 4) is 11.5 Å². The van der Waals surface area contributed by atoms with Crippen LogP contribution in [0.2, 0.25) is 5.02 Å². The lowest BCUT2D eigenvalue weighted by molar-refractivity contribution is -0.385. The van der Waals surface area contributed by atoms with Gasteiger partial charge in [0.25, 0.3) is 11.8 Å². The van der Waals surface area contributed by atoms with Crippen molar-refractivity contribution in [1.29, 1.82) is 0 Å². The van der Waals surface area contributed by atoms with Gasteiger partial charge in [-0.15, -0.1) is 0 Å². The maximum absolute atomic E-state index is 13.0. The predicted molar refractivity (Wildman–Crippen MR) is 126 cm³/mol. The van der Waals surface area contributed by atoms with Crippen LogP contribution in [0.25, 0.3) is 6.08 Å². The van der Waals surface area contributed by atoms with Gasteiger partial charge in [0.1, 0.15) is 17.9 Å². The molecular weight excluding hydrogens is 478 g/mol. The number of nitrogens with zero attached hydrogens (tertiary/aromatic N) is 2. The van der Waals surface area contributed by atoms with E-state index in [9.17, 15) is 29.6 Å². The van der Waals surface area contributed by atoms with E-state index < -0.39 is 39.8 Å². The summed E-state index contributed by atoms with van der Waals surface area (Å²) in [5.74, 6) is -1.97. The van der Waals surface area contributed by atoms with Gasteiger partial charge in [-0.2, -0.15) is 0 Å². The molecule has 4 amide bonds. The van der Waals surface area contributed by atoms with E-state index in [1.165, 1.54) is 18.2 Å². The molecule has 35 heavy (non-hydrogen) atoms. The van der Waals surface area contributed by atoms with E-state index in [1.807, 2.05) is 12.1 Å². The molecule has 0 aliphatic carbocycles. The van der Waals surface area contributed by atoms with E-state index in [1.54, 1.807) is 24.3 Å². The van der Waals surface area contributed by atoms with Crippen molar-refractivity contribution in [2.75, 3.05) is 4.90 Å². The van der Waals surface area contributed by atoms with Crippen LogP contribution in [-0.2, 0) is 16.2 Å². The van der Waals surface area contributed by atoms with Crippen molar-refractivity contribution in [2.45, 2.75) is 6.61 Å². The topological polar surface area (TPSA) is 139 Å². The van der Waals surface area contributed by atoms with Gasteiger partial charge < -0.3 is 9.84 Å². The number of benzene rings is 3. The highest BCUT2D eigenvalue weighted by molar-refractivity contribution is 6.39. The molecule has 1 saturated heterocycles. The lowest BCUT2D eigenvalue weighted by atomic mass is 10.1. The molecule has 0 unspecified atom stereocenters. The van der Waals surface area contributed by atoms with E-state index >= 15 is 0 Å². The highest BCUT2D eigenvalue weighted by Gasteiger charge is 2.37. The second-order valence-corrected chi connectivity index (χ2v) is 7.74. The van der Waals surface area contributed by atoms with Crippen LogP contribution >= 0.6 is 11.6 Å². The normalized spacial score (nSPS) is 14.7. The number of barbiturate groups is 1. The van der Waals surface area contributed by atoms with E-state index in [2.05, 4.69) is 5.32 Å². The number of nitrogens with one attached hydrogen (secondary N) is 1. The van der Waals surface area contributed by atoms with Crippen LogP contribution in [-0.4, -0.2) is 27.9 Å². The third-order valence-corrected chi connectivity index (χ3v) is 5.42. The molecule has 0 atom stereocenters. The Bertz CT molecular complexity index is 1390. The largest absolute Gasteiger partial charge is 0.502 e. The molecule has 1 aliphatic heterocycles. The minimum Gasteiger partial charge on any atom is -0.502 e. The van der Waals surface area contributed by atoms with Crippen molar-refractivity contribution < 1.29 is 29.2 Å². The first kappa shape index (κ1) is 23.5. The summed E-state index contributed by atoms with van der Waals surface area (Å²) in [6, 6.07) is 15.7. The fraction of sp³-hybridized carbons (Fsp3) is 0.0417. The minimum atomic E-state index is -0.952. The van der Waals surface area contributed by atoms with E-state index in [4.69, 9.17) is 16.3 Å². The summed E-state index contributed by atoms with van der Waals surface area (Å²) in [4.78, 5) is 48.8. The van der Waals surface area contributed by atoms with Gasteiger partial charge in [0.05, 0.1) is 10.6 Å². The molecule has 11 heteroatoms. The monoisotopic (exact) mass is 493 g/mol. The molecule has 0 bridgehead atoms. The highest BCUT2D eigenvalue weighted by atomic mass is 35.5. The Balaban J connectivity index is 1.56. The standard InChI is InChI=1S/C24H16ClN3O7/c25-19-4-2-1-3-15(19)13-35-17-8-6-16(7-9-17)27-23(31)18(22(30)26-24(27)32)11-14-5-10-21(29)20(12-14)28(33)34/h1-12,29H,13H2,(H,26,30,32)/b18-11+. The molecule has 0 spiro atoms. The summed E-state index contributed by atoms with van der Waals surface area (Å²) in [6.07, 6.45) is 1.10. The first-order valence-electron chi connectivity index (χ1n) is 10.1. The lowest BCUT2D eigenvalue weighted by Crippen LogP contribution is -2.54. The van der Waals surface area contributed by atoms with Crippen LogP contribution in [0.15, 0.2) is 72.3 Å². The summed E-state index contributed by atoms with van der Waals surface area (Å²) in [5, 5.41) is 23.3. The average molecular weight is 494 g/mol. The molecule has 0 aromatic heterocycles. The van der Waals surface area contributed by atoms with Gasteiger partial charge in [-0.25, -0.2) is 9.69 Å². The Morgan fingerprint density at radius 1 is 1.06 bits per heavy atom. The van der Waals surface area contributed by atoms with Crippen LogP contribution in [0.4, 0.5) is 16.2 Å². The number of carbonyl (C=O) groups excluding carboxylic acids is 3. The Morgan fingerprint density at radius 2 is 1.77 bits per heavy atom. The number of phenols is 1. The van der Waals surface area contributed by atoms with Gasteiger partial charge in [0.15, 0.2) is 5.75 Å². The van der Waals surface area contributed by atoms with Gasteiger partial charge in [0.2, 0.25) is 0 Å². The summed E-state index contributed by atoms with van der Waals surface area (Å²) in [5.41, 5.74) is 0.0665. The minimum absolute atomic E-state index is 0.116. The molecule has 176 valence electrons. The number of hydrogen-bond acceptors (Lipinski definition) is 7. The first-order chi connectivity index (χ1) is 16.7. The number of nitro groups is 1. The molecule has 1 heterocycles. The number of ether oxygens (including phenoxy) is 1. The number of nitro benzene ring substituents is 1. The van der Waals surface area contributed by atoms with Crippen molar-refractivity contribution >= 4 is 46.9 Å². The zero-order valence-electron chi connectivity index (χ0n) is 17.8. The lowest BCUT2D eigenvalue weighted by Gasteiger charge is -2.26. The number of anilines is 1. The number of aromatic hydroxyl groups is 1. The number of hydrogen-bond donors (Lipinski definition) is 2. The summed E-state index contributed by atoms with van der Waals surface area (Å²) >= 11 is 6.12. The smallest absolute Gasteiger partial charge is 0.335 e. The second kappa shape index (κ2) is 9.65. The number of phenolic OH excluding ortho intramolecular Hbond substituents is 1. The van der Waals surface area contributed by atoms with Gasteiger partial charge in [0, 0.05) is 16.7 Å². The Kier molecular flexibility index (Phi) is 6.47. The molecule has 3 aromatic carbocycles. The molecule has 4 rings (SSSR count). The maximum atomic E-state index is 13.0. The van der Waals surface area contributed by atoms with Crippen LogP contribution in [0, 0.1) is 10.1 Å². The summed E-state index contributed by atoms with van der Waals surface area (Å²) < 4.78 is 5.70. The predicted octanol–water partition coefficient (Wildman–Crippen LogP) is 4.20. The maximum Gasteiger partial charge on any atom is 0.335 e. The Labute approximate surface area is 203 Å². The summed E-state index contributed by atoms with van der Waals surface area (Å²) in [6.45, 7) is 0.211. The summed E-state index contributed by atoms with van der Waals surface area (Å²) in [7, 11) is 0. The van der Waals surface area contributed by atoms with Crippen LogP contribution in [0.5, 0.6) is 11.5 Å². The van der Waals surface area contributed by atoms with Crippen molar-refractivity contribution in [1.82, 2.24) is 5.32 Å². The third-order valence-electron chi connectivity index (χ3n) is 5.06. The number of urea groups is 1. The first-order valence-corrected chi connectivity index (χ1v) is 10.5. The molecule has 2 N–H and O–H groups in total. The number of imide groups is 2. The molecule has 3 aromatic rings. The van der Waals surface area contributed by atoms with Crippen molar-refractivity contribution in [2.24, 2.45) is 0 Å². The zero-order chi connectivity index (χ0) is 25.1. The molecule has 0 saturated carbocycles. The number of amides is 4. The second-order valence-electron chi connectivity index (χ2n) is 7.34. The molecule has 1 fully saturated rings. The van der Waals surface area contributed by atoms with Crippen molar-refractivity contribution in [3.63, 3.8) is 0 Å². The van der Waals surface area contributed by atoms with Crippen LogP contribution < -0.4 is 15.0 Å². The fourth-order valence-corrected chi connectivity index (χ4v) is 3.49. The third kappa shape index (κ3) is 4.97. The van der Waals surface area contributed by atoms with Crippen LogP contribution in [0.3, 0.4) is 0 Å². The highest BCUT2D eigenvalue weighted by Crippen LogP contribution is 2.29. The van der Waals surface area contributed by atoms with E-state index in [-0.39, 0.29) is 17.9 Å². The SMILES string of the molecule is O=C1NC(=O)N(c2ccc(OCc3ccccc3Cl)cc2)C(=O)/C1=C/c1ccc(O)c([N+](=O)[O-])c1. The molecule has 0 radical (unpaired) electrons. The van der Waals surface area contributed by atoms with Gasteiger partial charge >= 0.3 is 11.7 Å². The van der Waals surface area contributed by atoms with Crippen LogP contribution in [0.1, 0.15) is 11.1 Å². The average Bonchev–Trinajstić information content (AvgIpc) is 2.83. The molecule has 1 aliphatic rings. The van der Waals surface area contributed by atoms with Gasteiger partial charge in [-0.05, 0) is 48.0 Å². The Morgan fingerprint density at radius 3 is 2.46 bits per heavy atom. The number of rotatable bonds is 6. The van der Waals surface area contributed by atoms with Gasteiger partial charge in [-0.1, -0.05) is 35.9 Å². The van der Waals surface area contributed by atoms with E-state index in [0.717, 1.165) is 28.7 Å². The number of halogens is 1. The van der Waals surface area contributed by atoms with E-state index in [0.29, 0.717) is 10.8 Å².